The zero-order valence-corrected chi connectivity index (χ0v) is 14.4. The van der Waals surface area contributed by atoms with Gasteiger partial charge in [-0.25, -0.2) is 8.78 Å². The summed E-state index contributed by atoms with van der Waals surface area (Å²) in [6, 6.07) is 10.9. The standard InChI is InChI=1S/C19H19ClF2N2O/c20-14-8-6-13(7-9-14)12-24-10-2-5-18(24)19(25)23-11-15-16(21)3-1-4-17(15)22/h1,3-4,6-9,18H,2,5,10-12H2,(H,23,25)/t18-/m1/s1. The first-order chi connectivity index (χ1) is 12.0. The molecule has 0 unspecified atom stereocenters. The maximum absolute atomic E-state index is 13.7. The number of hydrogen-bond acceptors (Lipinski definition) is 2. The number of hydrogen-bond donors (Lipinski definition) is 1. The summed E-state index contributed by atoms with van der Waals surface area (Å²) < 4.78 is 27.3. The van der Waals surface area contributed by atoms with Gasteiger partial charge >= 0.3 is 0 Å². The third kappa shape index (κ3) is 4.35. The fourth-order valence-electron chi connectivity index (χ4n) is 3.13. The van der Waals surface area contributed by atoms with Gasteiger partial charge in [0.1, 0.15) is 11.6 Å². The number of amides is 1. The van der Waals surface area contributed by atoms with Gasteiger partial charge in [0, 0.05) is 23.7 Å². The molecule has 2 aromatic carbocycles. The summed E-state index contributed by atoms with van der Waals surface area (Å²) in [5, 5.41) is 3.34. The van der Waals surface area contributed by atoms with E-state index in [-0.39, 0.29) is 24.1 Å². The number of benzene rings is 2. The number of likely N-dealkylation sites (tertiary alicyclic amines) is 1. The molecule has 0 radical (unpaired) electrons. The molecule has 1 N–H and O–H groups in total. The summed E-state index contributed by atoms with van der Waals surface area (Å²) in [5.41, 5.74) is 0.961. The van der Waals surface area contributed by atoms with Crippen LogP contribution in [0.4, 0.5) is 8.78 Å². The number of carbonyl (C=O) groups excluding carboxylic acids is 1. The second kappa shape index (κ2) is 7.93. The van der Waals surface area contributed by atoms with Crippen molar-refractivity contribution in [3.8, 4) is 0 Å². The zero-order chi connectivity index (χ0) is 17.8. The van der Waals surface area contributed by atoms with Crippen molar-refractivity contribution in [2.45, 2.75) is 32.0 Å². The third-order valence-electron chi connectivity index (χ3n) is 4.47. The molecule has 1 atom stereocenters. The van der Waals surface area contributed by atoms with Gasteiger partial charge in [0.25, 0.3) is 0 Å². The Bertz CT molecular complexity index is 731. The van der Waals surface area contributed by atoms with Gasteiger partial charge in [-0.3, -0.25) is 9.69 Å². The van der Waals surface area contributed by atoms with Crippen LogP contribution >= 0.6 is 11.6 Å². The molecule has 3 rings (SSSR count). The highest BCUT2D eigenvalue weighted by atomic mass is 35.5. The van der Waals surface area contributed by atoms with E-state index in [0.717, 1.165) is 24.9 Å². The van der Waals surface area contributed by atoms with Crippen molar-refractivity contribution in [3.05, 3.63) is 70.2 Å². The Morgan fingerprint density at radius 3 is 2.52 bits per heavy atom. The van der Waals surface area contributed by atoms with Crippen LogP contribution < -0.4 is 5.32 Å². The van der Waals surface area contributed by atoms with E-state index in [1.165, 1.54) is 18.2 Å². The molecule has 1 amide bonds. The minimum Gasteiger partial charge on any atom is -0.350 e. The number of carbonyl (C=O) groups is 1. The predicted octanol–water partition coefficient (Wildman–Crippen LogP) is 3.90. The average Bonchev–Trinajstić information content (AvgIpc) is 3.04. The Morgan fingerprint density at radius 2 is 1.84 bits per heavy atom. The monoisotopic (exact) mass is 364 g/mol. The highest BCUT2D eigenvalue weighted by Crippen LogP contribution is 2.21. The minimum atomic E-state index is -0.648. The van der Waals surface area contributed by atoms with Gasteiger partial charge in [-0.05, 0) is 49.2 Å². The van der Waals surface area contributed by atoms with E-state index in [9.17, 15) is 13.6 Å². The van der Waals surface area contributed by atoms with Crippen LogP contribution in [0.1, 0.15) is 24.0 Å². The van der Waals surface area contributed by atoms with E-state index >= 15 is 0 Å². The molecule has 25 heavy (non-hydrogen) atoms. The van der Waals surface area contributed by atoms with E-state index in [1.54, 1.807) is 0 Å². The second-order valence-corrected chi connectivity index (χ2v) is 6.61. The van der Waals surface area contributed by atoms with Crippen molar-refractivity contribution < 1.29 is 13.6 Å². The summed E-state index contributed by atoms with van der Waals surface area (Å²) in [5.74, 6) is -1.50. The van der Waals surface area contributed by atoms with Crippen molar-refractivity contribution in [3.63, 3.8) is 0 Å². The van der Waals surface area contributed by atoms with Crippen LogP contribution in [0, 0.1) is 11.6 Å². The van der Waals surface area contributed by atoms with Crippen LogP contribution in [0.2, 0.25) is 5.02 Å². The third-order valence-corrected chi connectivity index (χ3v) is 4.72. The van der Waals surface area contributed by atoms with Gasteiger partial charge in [-0.15, -0.1) is 0 Å². The van der Waals surface area contributed by atoms with Crippen molar-refractivity contribution in [2.75, 3.05) is 6.54 Å². The number of rotatable bonds is 5. The van der Waals surface area contributed by atoms with Gasteiger partial charge in [-0.1, -0.05) is 29.8 Å². The Hall–Kier alpha value is -1.98. The molecule has 1 aliphatic heterocycles. The molecule has 2 aromatic rings. The topological polar surface area (TPSA) is 32.3 Å². The molecule has 132 valence electrons. The Morgan fingerprint density at radius 1 is 1.16 bits per heavy atom. The molecule has 1 fully saturated rings. The van der Waals surface area contributed by atoms with Crippen LogP contribution in [0.15, 0.2) is 42.5 Å². The van der Waals surface area contributed by atoms with Crippen molar-refractivity contribution in [2.24, 2.45) is 0 Å². The van der Waals surface area contributed by atoms with Crippen molar-refractivity contribution in [1.82, 2.24) is 10.2 Å². The van der Waals surface area contributed by atoms with Gasteiger partial charge in [0.05, 0.1) is 6.04 Å². The minimum absolute atomic E-state index is 0.113. The maximum atomic E-state index is 13.7. The Kier molecular flexibility index (Phi) is 5.66. The highest BCUT2D eigenvalue weighted by molar-refractivity contribution is 6.30. The van der Waals surface area contributed by atoms with E-state index < -0.39 is 11.6 Å². The number of nitrogens with one attached hydrogen (secondary N) is 1. The maximum Gasteiger partial charge on any atom is 0.237 e. The Balaban J connectivity index is 1.61. The fourth-order valence-corrected chi connectivity index (χ4v) is 3.26. The molecule has 1 aliphatic rings. The lowest BCUT2D eigenvalue weighted by Gasteiger charge is -2.24. The molecular formula is C19H19ClF2N2O. The quantitative estimate of drug-likeness (QED) is 0.872. The zero-order valence-electron chi connectivity index (χ0n) is 13.6. The first kappa shape index (κ1) is 17.8. The largest absolute Gasteiger partial charge is 0.350 e. The van der Waals surface area contributed by atoms with Crippen LogP contribution in [0.5, 0.6) is 0 Å². The molecule has 0 aliphatic carbocycles. The highest BCUT2D eigenvalue weighted by Gasteiger charge is 2.30. The second-order valence-electron chi connectivity index (χ2n) is 6.17. The number of nitrogens with zero attached hydrogens (tertiary/aromatic N) is 1. The summed E-state index contributed by atoms with van der Waals surface area (Å²) in [6.45, 7) is 1.31. The summed E-state index contributed by atoms with van der Waals surface area (Å²) in [6.07, 6.45) is 1.65. The lowest BCUT2D eigenvalue weighted by molar-refractivity contribution is -0.125. The van der Waals surface area contributed by atoms with E-state index in [2.05, 4.69) is 10.2 Å². The van der Waals surface area contributed by atoms with Crippen LogP contribution in [-0.2, 0) is 17.9 Å². The van der Waals surface area contributed by atoms with Gasteiger partial charge < -0.3 is 5.32 Å². The predicted molar refractivity (Wildman–Crippen MR) is 93.1 cm³/mol. The van der Waals surface area contributed by atoms with Crippen LogP contribution in [0.25, 0.3) is 0 Å². The molecule has 0 saturated carbocycles. The Labute approximate surface area is 150 Å². The molecule has 6 heteroatoms. The van der Waals surface area contributed by atoms with Gasteiger partial charge in [0.15, 0.2) is 0 Å². The molecule has 3 nitrogen and oxygen atoms in total. The number of halogens is 3. The lowest BCUT2D eigenvalue weighted by atomic mass is 10.1. The summed E-state index contributed by atoms with van der Waals surface area (Å²) in [4.78, 5) is 14.6. The summed E-state index contributed by atoms with van der Waals surface area (Å²) >= 11 is 5.89. The van der Waals surface area contributed by atoms with Crippen molar-refractivity contribution in [1.29, 1.82) is 0 Å². The van der Waals surface area contributed by atoms with E-state index in [4.69, 9.17) is 11.6 Å². The van der Waals surface area contributed by atoms with Crippen LogP contribution in [0.3, 0.4) is 0 Å². The van der Waals surface area contributed by atoms with E-state index in [0.29, 0.717) is 11.6 Å². The average molecular weight is 365 g/mol. The normalized spacial score (nSPS) is 17.6. The SMILES string of the molecule is O=C(NCc1c(F)cccc1F)[C@H]1CCCN1Cc1ccc(Cl)cc1. The smallest absolute Gasteiger partial charge is 0.237 e. The first-order valence-electron chi connectivity index (χ1n) is 8.23. The van der Waals surface area contributed by atoms with Crippen molar-refractivity contribution >= 4 is 17.5 Å². The fraction of sp³-hybridized carbons (Fsp3) is 0.316. The molecule has 1 saturated heterocycles. The van der Waals surface area contributed by atoms with Crippen LogP contribution in [-0.4, -0.2) is 23.4 Å². The lowest BCUT2D eigenvalue weighted by Crippen LogP contribution is -2.42. The molecular weight excluding hydrogens is 346 g/mol. The molecule has 1 heterocycles. The van der Waals surface area contributed by atoms with Gasteiger partial charge in [-0.2, -0.15) is 0 Å². The summed E-state index contributed by atoms with van der Waals surface area (Å²) in [7, 11) is 0. The molecule has 0 bridgehead atoms. The first-order valence-corrected chi connectivity index (χ1v) is 8.61. The molecule has 0 spiro atoms. The van der Waals surface area contributed by atoms with E-state index in [1.807, 2.05) is 24.3 Å². The molecule has 0 aromatic heterocycles. The van der Waals surface area contributed by atoms with Gasteiger partial charge in [0.2, 0.25) is 5.91 Å².